The number of methoxy groups -OCH3 is 1. The van der Waals surface area contributed by atoms with Gasteiger partial charge in [0.15, 0.2) is 4.67 Å². The molecule has 1 aromatic heterocycles. The molecule has 2 rings (SSSR count). The fourth-order valence-electron chi connectivity index (χ4n) is 1.67. The molecule has 1 aromatic carbocycles. The van der Waals surface area contributed by atoms with E-state index < -0.39 is 0 Å². The Labute approximate surface area is 110 Å². The average molecular weight is 381 g/mol. The summed E-state index contributed by atoms with van der Waals surface area (Å²) in [6.07, 6.45) is 0.921. The maximum Gasteiger partial charge on any atom is 0.173 e. The second-order valence-corrected chi connectivity index (χ2v) is 5.15. The normalized spacial score (nSPS) is 10.9. The molecule has 2 nitrogen and oxygen atoms in total. The van der Waals surface area contributed by atoms with Crippen LogP contribution in [0.1, 0.15) is 12.5 Å². The Morgan fingerprint density at radius 2 is 2.20 bits per heavy atom. The topological polar surface area (TPSA) is 22.4 Å². The zero-order valence-electron chi connectivity index (χ0n) is 8.43. The minimum atomic E-state index is 0.806. The molecule has 4 heteroatoms. The summed E-state index contributed by atoms with van der Waals surface area (Å²) in [6, 6.07) is 4.03. The third kappa shape index (κ3) is 1.89. The van der Waals surface area contributed by atoms with E-state index in [1.165, 1.54) is 5.56 Å². The monoisotopic (exact) mass is 380 g/mol. The number of benzene rings is 1. The first-order valence-electron chi connectivity index (χ1n) is 4.61. The largest absolute Gasteiger partial charge is 0.496 e. The molecule has 1 heterocycles. The molecule has 0 aliphatic heterocycles. The lowest BCUT2D eigenvalue weighted by Crippen LogP contribution is -1.87. The number of aryl methyl sites for hydroxylation is 1. The lowest BCUT2D eigenvalue weighted by atomic mass is 10.1. The van der Waals surface area contributed by atoms with Gasteiger partial charge in [-0.1, -0.05) is 6.92 Å². The van der Waals surface area contributed by atoms with E-state index in [4.69, 9.17) is 9.15 Å². The van der Waals surface area contributed by atoms with Crippen LogP contribution in [-0.2, 0) is 6.42 Å². The minimum Gasteiger partial charge on any atom is -0.496 e. The molecule has 0 aliphatic carbocycles. The molecular formula is C11H10BrIO2. The van der Waals surface area contributed by atoms with Crippen LogP contribution in [0.2, 0.25) is 0 Å². The Morgan fingerprint density at radius 1 is 1.47 bits per heavy atom. The zero-order valence-corrected chi connectivity index (χ0v) is 12.2. The number of halogens is 2. The van der Waals surface area contributed by atoms with Crippen molar-refractivity contribution in [1.82, 2.24) is 0 Å². The van der Waals surface area contributed by atoms with Gasteiger partial charge in [-0.3, -0.25) is 0 Å². The Kier molecular flexibility index (Phi) is 3.25. The van der Waals surface area contributed by atoms with Crippen molar-refractivity contribution in [2.75, 3.05) is 7.11 Å². The number of hydrogen-bond acceptors (Lipinski definition) is 2. The van der Waals surface area contributed by atoms with Gasteiger partial charge in [0.2, 0.25) is 0 Å². The lowest BCUT2D eigenvalue weighted by molar-refractivity contribution is 0.419. The van der Waals surface area contributed by atoms with Crippen LogP contribution >= 0.6 is 38.5 Å². The van der Waals surface area contributed by atoms with Gasteiger partial charge < -0.3 is 9.15 Å². The Morgan fingerprint density at radius 3 is 2.80 bits per heavy atom. The maximum atomic E-state index is 5.65. The summed E-state index contributed by atoms with van der Waals surface area (Å²) in [5.74, 6) is 0.878. The maximum absolute atomic E-state index is 5.65. The summed E-state index contributed by atoms with van der Waals surface area (Å²) in [6.45, 7) is 2.10. The first kappa shape index (κ1) is 11.3. The fraction of sp³-hybridized carbons (Fsp3) is 0.273. The summed E-state index contributed by atoms with van der Waals surface area (Å²) in [5.41, 5.74) is 2.04. The van der Waals surface area contributed by atoms with E-state index in [-0.39, 0.29) is 0 Å². The quantitative estimate of drug-likeness (QED) is 0.722. The summed E-state index contributed by atoms with van der Waals surface area (Å²) in [7, 11) is 1.69. The Hall–Kier alpha value is -0.230. The SMILES string of the molecule is CCc1c(Br)oc2cc(I)cc(OC)c12. The first-order valence-corrected chi connectivity index (χ1v) is 6.49. The molecule has 0 atom stereocenters. The highest BCUT2D eigenvalue weighted by atomic mass is 127. The minimum absolute atomic E-state index is 0.806. The van der Waals surface area contributed by atoms with Gasteiger partial charge in [0.05, 0.1) is 12.5 Å². The highest BCUT2D eigenvalue weighted by Gasteiger charge is 2.15. The Bertz CT molecular complexity index is 505. The van der Waals surface area contributed by atoms with Gasteiger partial charge in [0.25, 0.3) is 0 Å². The van der Waals surface area contributed by atoms with Crippen LogP contribution in [-0.4, -0.2) is 7.11 Å². The predicted molar refractivity (Wildman–Crippen MR) is 72.6 cm³/mol. The van der Waals surface area contributed by atoms with Crippen LogP contribution in [0.3, 0.4) is 0 Å². The van der Waals surface area contributed by atoms with Gasteiger partial charge in [-0.05, 0) is 57.1 Å². The molecule has 0 saturated carbocycles. The molecule has 15 heavy (non-hydrogen) atoms. The van der Waals surface area contributed by atoms with Gasteiger partial charge in [-0.2, -0.15) is 0 Å². The molecule has 0 amide bonds. The van der Waals surface area contributed by atoms with Gasteiger partial charge in [0.1, 0.15) is 11.3 Å². The highest BCUT2D eigenvalue weighted by molar-refractivity contribution is 14.1. The molecule has 80 valence electrons. The van der Waals surface area contributed by atoms with E-state index in [2.05, 4.69) is 45.4 Å². The van der Waals surface area contributed by atoms with Crippen molar-refractivity contribution in [2.24, 2.45) is 0 Å². The summed E-state index contributed by atoms with van der Waals surface area (Å²) >= 11 is 5.69. The van der Waals surface area contributed by atoms with Crippen LogP contribution in [0, 0.1) is 3.57 Å². The van der Waals surface area contributed by atoms with E-state index >= 15 is 0 Å². The van der Waals surface area contributed by atoms with Gasteiger partial charge in [-0.25, -0.2) is 0 Å². The van der Waals surface area contributed by atoms with Crippen LogP contribution in [0.5, 0.6) is 5.75 Å². The van der Waals surface area contributed by atoms with Gasteiger partial charge in [-0.15, -0.1) is 0 Å². The molecule has 0 saturated heterocycles. The fourth-order valence-corrected chi connectivity index (χ4v) is 2.89. The van der Waals surface area contributed by atoms with Gasteiger partial charge >= 0.3 is 0 Å². The average Bonchev–Trinajstić information content (AvgIpc) is 2.52. The van der Waals surface area contributed by atoms with Crippen LogP contribution in [0.25, 0.3) is 11.0 Å². The third-order valence-electron chi connectivity index (χ3n) is 2.34. The molecule has 0 radical (unpaired) electrons. The zero-order chi connectivity index (χ0) is 11.0. The number of ether oxygens (including phenoxy) is 1. The van der Waals surface area contributed by atoms with E-state index in [1.807, 2.05) is 12.1 Å². The number of rotatable bonds is 2. The van der Waals surface area contributed by atoms with Crippen molar-refractivity contribution in [3.8, 4) is 5.75 Å². The van der Waals surface area contributed by atoms with E-state index in [1.54, 1.807) is 7.11 Å². The smallest absolute Gasteiger partial charge is 0.173 e. The van der Waals surface area contributed by atoms with Crippen molar-refractivity contribution in [3.63, 3.8) is 0 Å². The summed E-state index contributed by atoms with van der Waals surface area (Å²) < 4.78 is 12.9. The van der Waals surface area contributed by atoms with E-state index in [0.717, 1.165) is 31.4 Å². The lowest BCUT2D eigenvalue weighted by Gasteiger charge is -2.03. The second kappa shape index (κ2) is 4.33. The molecule has 0 unspecified atom stereocenters. The number of fused-ring (bicyclic) bond motifs is 1. The summed E-state index contributed by atoms with van der Waals surface area (Å²) in [4.78, 5) is 0. The number of furan rings is 1. The van der Waals surface area contributed by atoms with Crippen molar-refractivity contribution in [1.29, 1.82) is 0 Å². The molecular weight excluding hydrogens is 371 g/mol. The number of hydrogen-bond donors (Lipinski definition) is 0. The summed E-state index contributed by atoms with van der Waals surface area (Å²) in [5, 5.41) is 1.08. The van der Waals surface area contributed by atoms with Crippen molar-refractivity contribution < 1.29 is 9.15 Å². The van der Waals surface area contributed by atoms with Crippen LogP contribution < -0.4 is 4.74 Å². The molecule has 0 N–H and O–H groups in total. The third-order valence-corrected chi connectivity index (χ3v) is 3.61. The van der Waals surface area contributed by atoms with Gasteiger partial charge in [0, 0.05) is 9.13 Å². The van der Waals surface area contributed by atoms with E-state index in [0.29, 0.717) is 0 Å². The standard InChI is InChI=1S/C11H10BrIO2/c1-3-7-10-8(14-2)4-6(13)5-9(10)15-11(7)12/h4-5H,3H2,1-2H3. The van der Waals surface area contributed by atoms with Crippen molar-refractivity contribution >= 4 is 49.5 Å². The van der Waals surface area contributed by atoms with Crippen LogP contribution in [0.4, 0.5) is 0 Å². The molecule has 0 spiro atoms. The Balaban J connectivity index is 2.85. The first-order chi connectivity index (χ1) is 7.17. The molecule has 0 bridgehead atoms. The highest BCUT2D eigenvalue weighted by Crippen LogP contribution is 2.37. The van der Waals surface area contributed by atoms with Crippen molar-refractivity contribution in [2.45, 2.75) is 13.3 Å². The molecule has 0 fully saturated rings. The second-order valence-electron chi connectivity index (χ2n) is 3.19. The van der Waals surface area contributed by atoms with Crippen LogP contribution in [0.15, 0.2) is 21.2 Å². The molecule has 0 aliphatic rings. The molecule has 2 aromatic rings. The van der Waals surface area contributed by atoms with E-state index in [9.17, 15) is 0 Å². The predicted octanol–water partition coefficient (Wildman–Crippen LogP) is 4.37. The van der Waals surface area contributed by atoms with Crippen molar-refractivity contribution in [3.05, 3.63) is 25.9 Å².